The molecule has 2 aromatic rings. The predicted octanol–water partition coefficient (Wildman–Crippen LogP) is 2.58. The first-order valence-electron chi connectivity index (χ1n) is 6.68. The number of amides is 1. The van der Waals surface area contributed by atoms with E-state index in [1.165, 1.54) is 6.07 Å². The van der Waals surface area contributed by atoms with Gasteiger partial charge in [-0.3, -0.25) is 4.79 Å². The van der Waals surface area contributed by atoms with Gasteiger partial charge in [0.25, 0.3) is 0 Å². The van der Waals surface area contributed by atoms with Crippen molar-refractivity contribution in [2.45, 2.75) is 37.7 Å². The normalized spacial score (nSPS) is 14.7. The highest BCUT2D eigenvalue weighted by Gasteiger charge is 2.23. The zero-order valence-corrected chi connectivity index (χ0v) is 11.7. The van der Waals surface area contributed by atoms with E-state index in [2.05, 4.69) is 10.3 Å². The second kappa shape index (κ2) is 5.40. The molecule has 1 amide bonds. The second-order valence-electron chi connectivity index (χ2n) is 5.01. The van der Waals surface area contributed by atoms with Gasteiger partial charge < -0.3 is 9.88 Å². The summed E-state index contributed by atoms with van der Waals surface area (Å²) in [4.78, 5) is 15.9. The molecule has 0 atom stereocenters. The standard InChI is InChI=1S/C14H15ClFN3O/c15-8-12-18-14-10(16)2-1-3-11(14)19(12)7-6-13(20)17-9-4-5-9/h1-3,9H,4-8H2,(H,17,20). The monoisotopic (exact) mass is 295 g/mol. The number of rotatable bonds is 5. The molecule has 6 heteroatoms. The van der Waals surface area contributed by atoms with Crippen LogP contribution in [0.3, 0.4) is 0 Å². The molecule has 4 nitrogen and oxygen atoms in total. The Morgan fingerprint density at radius 1 is 1.50 bits per heavy atom. The van der Waals surface area contributed by atoms with E-state index in [0.717, 1.165) is 12.8 Å². The quantitative estimate of drug-likeness (QED) is 0.862. The van der Waals surface area contributed by atoms with Crippen molar-refractivity contribution in [3.8, 4) is 0 Å². The summed E-state index contributed by atoms with van der Waals surface area (Å²) >= 11 is 5.86. The minimum atomic E-state index is -0.366. The zero-order valence-electron chi connectivity index (χ0n) is 10.9. The van der Waals surface area contributed by atoms with Gasteiger partial charge in [-0.25, -0.2) is 9.37 Å². The van der Waals surface area contributed by atoms with E-state index in [1.54, 1.807) is 12.1 Å². The van der Waals surface area contributed by atoms with E-state index in [-0.39, 0.29) is 17.6 Å². The van der Waals surface area contributed by atoms with Crippen molar-refractivity contribution in [2.24, 2.45) is 0 Å². The Kier molecular flexibility index (Phi) is 3.61. The molecule has 1 fully saturated rings. The fraction of sp³-hybridized carbons (Fsp3) is 0.429. The lowest BCUT2D eigenvalue weighted by molar-refractivity contribution is -0.121. The first-order valence-corrected chi connectivity index (χ1v) is 7.21. The average Bonchev–Trinajstić information content (AvgIpc) is 3.16. The molecule has 0 aliphatic heterocycles. The number of nitrogens with one attached hydrogen (secondary N) is 1. The third kappa shape index (κ3) is 2.63. The van der Waals surface area contributed by atoms with Crippen LogP contribution in [0.5, 0.6) is 0 Å². The van der Waals surface area contributed by atoms with Gasteiger partial charge in [-0.15, -0.1) is 11.6 Å². The first kappa shape index (κ1) is 13.4. The topological polar surface area (TPSA) is 46.9 Å². The van der Waals surface area contributed by atoms with Crippen molar-refractivity contribution in [1.29, 1.82) is 0 Å². The van der Waals surface area contributed by atoms with Crippen LogP contribution in [0.1, 0.15) is 25.1 Å². The summed E-state index contributed by atoms with van der Waals surface area (Å²) in [7, 11) is 0. The number of hydrogen-bond donors (Lipinski definition) is 1. The lowest BCUT2D eigenvalue weighted by atomic mass is 10.3. The van der Waals surface area contributed by atoms with Crippen LogP contribution in [0.2, 0.25) is 0 Å². The van der Waals surface area contributed by atoms with Gasteiger partial charge in [0.15, 0.2) is 5.82 Å². The van der Waals surface area contributed by atoms with Crippen molar-refractivity contribution in [2.75, 3.05) is 0 Å². The van der Waals surface area contributed by atoms with Gasteiger partial charge in [0, 0.05) is 19.0 Å². The Morgan fingerprint density at radius 2 is 2.30 bits per heavy atom. The number of alkyl halides is 1. The number of aryl methyl sites for hydroxylation is 1. The Labute approximate surface area is 120 Å². The molecule has 20 heavy (non-hydrogen) atoms. The lowest BCUT2D eigenvalue weighted by Crippen LogP contribution is -2.26. The third-order valence-electron chi connectivity index (χ3n) is 3.43. The molecule has 1 aromatic carbocycles. The van der Waals surface area contributed by atoms with Crippen LogP contribution in [0.25, 0.3) is 11.0 Å². The number of hydrogen-bond acceptors (Lipinski definition) is 2. The molecular weight excluding hydrogens is 281 g/mol. The number of imidazole rings is 1. The first-order chi connectivity index (χ1) is 9.69. The number of para-hydroxylation sites is 1. The molecule has 1 saturated carbocycles. The van der Waals surface area contributed by atoms with E-state index >= 15 is 0 Å². The van der Waals surface area contributed by atoms with Gasteiger partial charge >= 0.3 is 0 Å². The fourth-order valence-corrected chi connectivity index (χ4v) is 2.46. The largest absolute Gasteiger partial charge is 0.353 e. The lowest BCUT2D eigenvalue weighted by Gasteiger charge is -2.08. The molecule has 106 valence electrons. The van der Waals surface area contributed by atoms with Crippen LogP contribution in [0.15, 0.2) is 18.2 Å². The van der Waals surface area contributed by atoms with E-state index in [0.29, 0.717) is 35.9 Å². The number of halogens is 2. The van der Waals surface area contributed by atoms with Crippen molar-refractivity contribution < 1.29 is 9.18 Å². The van der Waals surface area contributed by atoms with Crippen molar-refractivity contribution in [3.05, 3.63) is 29.8 Å². The number of fused-ring (bicyclic) bond motifs is 1. The van der Waals surface area contributed by atoms with Gasteiger partial charge in [0.2, 0.25) is 5.91 Å². The summed E-state index contributed by atoms with van der Waals surface area (Å²) in [5.74, 6) is 0.436. The number of carbonyl (C=O) groups excluding carboxylic acids is 1. The molecule has 1 aliphatic rings. The summed E-state index contributed by atoms with van der Waals surface area (Å²) in [5, 5.41) is 2.93. The number of carbonyl (C=O) groups is 1. The second-order valence-corrected chi connectivity index (χ2v) is 5.28. The average molecular weight is 296 g/mol. The SMILES string of the molecule is O=C(CCn1c(CCl)nc2c(F)cccc21)NC1CC1. The molecule has 1 N–H and O–H groups in total. The van der Waals surface area contributed by atoms with Crippen LogP contribution in [0.4, 0.5) is 4.39 Å². The van der Waals surface area contributed by atoms with Crippen LogP contribution in [-0.2, 0) is 17.2 Å². The highest BCUT2D eigenvalue weighted by atomic mass is 35.5. The minimum absolute atomic E-state index is 0.0197. The molecule has 1 heterocycles. The summed E-state index contributed by atoms with van der Waals surface area (Å²) < 4.78 is 15.5. The molecule has 0 spiro atoms. The maximum absolute atomic E-state index is 13.7. The molecule has 0 unspecified atom stereocenters. The predicted molar refractivity (Wildman–Crippen MR) is 75.0 cm³/mol. The van der Waals surface area contributed by atoms with Crippen LogP contribution >= 0.6 is 11.6 Å². The Morgan fingerprint density at radius 3 is 3.00 bits per heavy atom. The number of nitrogens with zero attached hydrogens (tertiary/aromatic N) is 2. The van der Waals surface area contributed by atoms with Gasteiger partial charge in [-0.1, -0.05) is 6.07 Å². The Bertz CT molecular complexity index is 651. The van der Waals surface area contributed by atoms with Crippen LogP contribution in [0, 0.1) is 5.82 Å². The smallest absolute Gasteiger partial charge is 0.222 e. The van der Waals surface area contributed by atoms with Crippen molar-refractivity contribution in [3.63, 3.8) is 0 Å². The molecule has 0 bridgehead atoms. The Hall–Kier alpha value is -1.62. The molecule has 3 rings (SSSR count). The van der Waals surface area contributed by atoms with Crippen molar-refractivity contribution >= 4 is 28.5 Å². The molecule has 1 aliphatic carbocycles. The Balaban J connectivity index is 1.81. The highest BCUT2D eigenvalue weighted by Crippen LogP contribution is 2.21. The van der Waals surface area contributed by atoms with E-state index < -0.39 is 0 Å². The molecular formula is C14H15ClFN3O. The third-order valence-corrected chi connectivity index (χ3v) is 3.67. The highest BCUT2D eigenvalue weighted by molar-refractivity contribution is 6.16. The van der Waals surface area contributed by atoms with Crippen LogP contribution < -0.4 is 5.32 Å². The van der Waals surface area contributed by atoms with Crippen molar-refractivity contribution in [1.82, 2.24) is 14.9 Å². The van der Waals surface area contributed by atoms with Gasteiger partial charge in [0.1, 0.15) is 11.3 Å². The van der Waals surface area contributed by atoms with Gasteiger partial charge in [-0.05, 0) is 25.0 Å². The maximum atomic E-state index is 13.7. The molecule has 0 radical (unpaired) electrons. The van der Waals surface area contributed by atoms with Gasteiger partial charge in [-0.2, -0.15) is 0 Å². The fourth-order valence-electron chi connectivity index (χ4n) is 2.25. The van der Waals surface area contributed by atoms with E-state index in [1.807, 2.05) is 4.57 Å². The summed E-state index contributed by atoms with van der Waals surface area (Å²) in [6.45, 7) is 0.459. The zero-order chi connectivity index (χ0) is 14.1. The van der Waals surface area contributed by atoms with E-state index in [4.69, 9.17) is 11.6 Å². The number of aromatic nitrogens is 2. The molecule has 1 aromatic heterocycles. The minimum Gasteiger partial charge on any atom is -0.353 e. The summed E-state index contributed by atoms with van der Waals surface area (Å²) in [5.41, 5.74) is 0.991. The van der Waals surface area contributed by atoms with Crippen LogP contribution in [-0.4, -0.2) is 21.5 Å². The number of benzene rings is 1. The van der Waals surface area contributed by atoms with E-state index in [9.17, 15) is 9.18 Å². The maximum Gasteiger partial charge on any atom is 0.222 e. The summed E-state index contributed by atoms with van der Waals surface area (Å²) in [6, 6.07) is 5.16. The molecule has 0 saturated heterocycles. The van der Waals surface area contributed by atoms with Gasteiger partial charge in [0.05, 0.1) is 11.4 Å². The summed E-state index contributed by atoms with van der Waals surface area (Å²) in [6.07, 6.45) is 2.48.